The third-order valence-corrected chi connectivity index (χ3v) is 4.88. The maximum Gasteiger partial charge on any atom is 0.305 e. The molecular formula is C23H42O5. The van der Waals surface area contributed by atoms with Crippen LogP contribution in [-0.4, -0.2) is 47.7 Å². The van der Waals surface area contributed by atoms with Gasteiger partial charge in [-0.25, -0.2) is 0 Å². The first kappa shape index (κ1) is 26.8. The summed E-state index contributed by atoms with van der Waals surface area (Å²) in [6, 6.07) is 0. The molecule has 0 unspecified atom stereocenters. The van der Waals surface area contributed by atoms with Gasteiger partial charge in [-0.15, -0.1) is 0 Å². The standard InChI is InChI=1S/C23H42O5/c1-2-3-4-5-6-7-8-9-10-11-12-13-14-15-16-17-22(27)28-21-23(18-24,19-25)20-26/h6-7,9-10,24-26H,2-5,8,11-21H2,1H3/b7-6-,10-9-. The number of ether oxygens (including phenoxy) is 1. The van der Waals surface area contributed by atoms with Gasteiger partial charge in [-0.3, -0.25) is 4.79 Å². The zero-order valence-electron chi connectivity index (χ0n) is 17.8. The fourth-order valence-electron chi connectivity index (χ4n) is 2.67. The lowest BCUT2D eigenvalue weighted by atomic mass is 9.93. The van der Waals surface area contributed by atoms with Crippen molar-refractivity contribution in [2.45, 2.75) is 84.0 Å². The first-order valence-electron chi connectivity index (χ1n) is 10.9. The summed E-state index contributed by atoms with van der Waals surface area (Å²) < 4.78 is 5.07. The quantitative estimate of drug-likeness (QED) is 0.171. The van der Waals surface area contributed by atoms with Crippen molar-refractivity contribution in [3.63, 3.8) is 0 Å². The lowest BCUT2D eigenvalue weighted by Gasteiger charge is -2.26. The average molecular weight is 399 g/mol. The molecule has 0 aromatic heterocycles. The number of carbonyl (C=O) groups is 1. The van der Waals surface area contributed by atoms with Crippen LogP contribution in [0, 0.1) is 5.41 Å². The van der Waals surface area contributed by atoms with Crippen LogP contribution < -0.4 is 0 Å². The van der Waals surface area contributed by atoms with Crippen LogP contribution in [0.3, 0.4) is 0 Å². The summed E-state index contributed by atoms with van der Waals surface area (Å²) in [4.78, 5) is 11.7. The summed E-state index contributed by atoms with van der Waals surface area (Å²) >= 11 is 0. The van der Waals surface area contributed by atoms with Crippen LogP contribution in [0.1, 0.15) is 84.0 Å². The maximum absolute atomic E-state index is 11.7. The van der Waals surface area contributed by atoms with E-state index in [1.807, 2.05) is 0 Å². The number of hydrogen-bond donors (Lipinski definition) is 3. The molecule has 164 valence electrons. The molecule has 0 aromatic rings. The SMILES string of the molecule is CCCCC/C=C\C/C=C\CCCCCCCC(=O)OCC(CO)(CO)CO. The Morgan fingerprint density at radius 2 is 1.32 bits per heavy atom. The molecule has 0 aromatic carbocycles. The molecule has 0 saturated carbocycles. The van der Waals surface area contributed by atoms with Crippen molar-refractivity contribution in [2.75, 3.05) is 26.4 Å². The van der Waals surface area contributed by atoms with Gasteiger partial charge >= 0.3 is 5.97 Å². The Balaban J connectivity index is 3.52. The maximum atomic E-state index is 11.7. The predicted molar refractivity (Wildman–Crippen MR) is 114 cm³/mol. The van der Waals surface area contributed by atoms with Crippen molar-refractivity contribution >= 4 is 5.97 Å². The molecule has 0 spiro atoms. The van der Waals surface area contributed by atoms with Gasteiger partial charge in [-0.1, -0.05) is 63.3 Å². The Morgan fingerprint density at radius 3 is 1.89 bits per heavy atom. The third kappa shape index (κ3) is 14.8. The van der Waals surface area contributed by atoms with E-state index in [4.69, 9.17) is 4.74 Å². The predicted octanol–water partition coefficient (Wildman–Crippen LogP) is 4.31. The first-order chi connectivity index (χ1) is 13.6. The van der Waals surface area contributed by atoms with Gasteiger partial charge in [0.15, 0.2) is 0 Å². The second-order valence-corrected chi connectivity index (χ2v) is 7.62. The number of aliphatic hydroxyl groups is 3. The molecule has 0 aliphatic heterocycles. The van der Waals surface area contributed by atoms with Crippen molar-refractivity contribution < 1.29 is 24.9 Å². The van der Waals surface area contributed by atoms with Crippen LogP contribution in [-0.2, 0) is 9.53 Å². The molecule has 0 aliphatic rings. The van der Waals surface area contributed by atoms with Gasteiger partial charge in [0.2, 0.25) is 0 Å². The van der Waals surface area contributed by atoms with Crippen molar-refractivity contribution in [3.8, 4) is 0 Å². The largest absolute Gasteiger partial charge is 0.465 e. The highest BCUT2D eigenvalue weighted by atomic mass is 16.5. The summed E-state index contributed by atoms with van der Waals surface area (Å²) in [5.41, 5.74) is -1.14. The summed E-state index contributed by atoms with van der Waals surface area (Å²) in [5.74, 6) is -0.342. The minimum atomic E-state index is -1.14. The van der Waals surface area contributed by atoms with E-state index in [9.17, 15) is 20.1 Å². The number of carbonyl (C=O) groups excluding carboxylic acids is 1. The van der Waals surface area contributed by atoms with Gasteiger partial charge < -0.3 is 20.1 Å². The number of aliphatic hydroxyl groups excluding tert-OH is 3. The molecule has 0 rings (SSSR count). The zero-order chi connectivity index (χ0) is 20.9. The molecule has 5 nitrogen and oxygen atoms in total. The molecule has 0 atom stereocenters. The lowest BCUT2D eigenvalue weighted by molar-refractivity contribution is -0.151. The number of allylic oxidation sites excluding steroid dienone is 4. The van der Waals surface area contributed by atoms with Gasteiger partial charge in [0, 0.05) is 6.42 Å². The highest BCUT2D eigenvalue weighted by molar-refractivity contribution is 5.69. The first-order valence-corrected chi connectivity index (χ1v) is 10.9. The van der Waals surface area contributed by atoms with E-state index < -0.39 is 25.2 Å². The van der Waals surface area contributed by atoms with Gasteiger partial charge in [0.25, 0.3) is 0 Å². The Morgan fingerprint density at radius 1 is 0.786 bits per heavy atom. The number of hydrogen-bond acceptors (Lipinski definition) is 5. The van der Waals surface area contributed by atoms with Crippen LogP contribution in [0.15, 0.2) is 24.3 Å². The van der Waals surface area contributed by atoms with Crippen molar-refractivity contribution in [2.24, 2.45) is 5.41 Å². The van der Waals surface area contributed by atoms with E-state index in [2.05, 4.69) is 31.2 Å². The van der Waals surface area contributed by atoms with Gasteiger partial charge in [0.1, 0.15) is 6.61 Å². The van der Waals surface area contributed by atoms with Crippen molar-refractivity contribution in [1.29, 1.82) is 0 Å². The molecule has 0 bridgehead atoms. The van der Waals surface area contributed by atoms with E-state index >= 15 is 0 Å². The van der Waals surface area contributed by atoms with Crippen LogP contribution >= 0.6 is 0 Å². The van der Waals surface area contributed by atoms with E-state index in [0.717, 1.165) is 38.5 Å². The normalized spacial score (nSPS) is 12.3. The molecule has 0 aliphatic carbocycles. The van der Waals surface area contributed by atoms with Crippen molar-refractivity contribution in [1.82, 2.24) is 0 Å². The fraction of sp³-hybridized carbons (Fsp3) is 0.783. The molecular weight excluding hydrogens is 356 g/mol. The average Bonchev–Trinajstić information content (AvgIpc) is 2.72. The third-order valence-electron chi connectivity index (χ3n) is 4.88. The minimum Gasteiger partial charge on any atom is -0.465 e. The summed E-state index contributed by atoms with van der Waals surface area (Å²) in [7, 11) is 0. The summed E-state index contributed by atoms with van der Waals surface area (Å²) in [6.45, 7) is 0.809. The number of esters is 1. The molecule has 28 heavy (non-hydrogen) atoms. The number of rotatable bonds is 19. The smallest absolute Gasteiger partial charge is 0.305 e. The summed E-state index contributed by atoms with van der Waals surface area (Å²) in [6.07, 6.45) is 21.8. The highest BCUT2D eigenvalue weighted by Crippen LogP contribution is 2.16. The Hall–Kier alpha value is -1.17. The molecule has 0 radical (unpaired) electrons. The Kier molecular flexibility index (Phi) is 18.4. The second-order valence-electron chi connectivity index (χ2n) is 7.62. The molecule has 0 fully saturated rings. The van der Waals surface area contributed by atoms with Crippen LogP contribution in [0.4, 0.5) is 0 Å². The molecule has 5 heteroatoms. The van der Waals surface area contributed by atoms with Crippen LogP contribution in [0.25, 0.3) is 0 Å². The van der Waals surface area contributed by atoms with Crippen molar-refractivity contribution in [3.05, 3.63) is 24.3 Å². The highest BCUT2D eigenvalue weighted by Gasteiger charge is 2.29. The fourth-order valence-corrected chi connectivity index (χ4v) is 2.67. The number of unbranched alkanes of at least 4 members (excludes halogenated alkanes) is 8. The van der Waals surface area contributed by atoms with E-state index in [-0.39, 0.29) is 12.6 Å². The minimum absolute atomic E-state index is 0.157. The van der Waals surface area contributed by atoms with Crippen LogP contribution in [0.2, 0.25) is 0 Å². The van der Waals surface area contributed by atoms with E-state index in [1.165, 1.54) is 32.1 Å². The van der Waals surface area contributed by atoms with Gasteiger partial charge in [-0.2, -0.15) is 0 Å². The summed E-state index contributed by atoms with van der Waals surface area (Å²) in [5, 5.41) is 27.6. The lowest BCUT2D eigenvalue weighted by Crippen LogP contribution is -2.39. The van der Waals surface area contributed by atoms with Gasteiger partial charge in [0.05, 0.1) is 25.2 Å². The molecule has 3 N–H and O–H groups in total. The zero-order valence-corrected chi connectivity index (χ0v) is 17.8. The molecule has 0 saturated heterocycles. The Bertz CT molecular complexity index is 405. The van der Waals surface area contributed by atoms with E-state index in [0.29, 0.717) is 6.42 Å². The Labute approximate surface area is 171 Å². The second kappa shape index (κ2) is 19.2. The topological polar surface area (TPSA) is 87.0 Å². The van der Waals surface area contributed by atoms with Gasteiger partial charge in [-0.05, 0) is 38.5 Å². The monoisotopic (exact) mass is 398 g/mol. The van der Waals surface area contributed by atoms with E-state index in [1.54, 1.807) is 0 Å². The molecule has 0 heterocycles. The molecule has 0 amide bonds. The van der Waals surface area contributed by atoms with Crippen LogP contribution in [0.5, 0.6) is 0 Å².